The third-order valence-electron chi connectivity index (χ3n) is 6.02. The predicted molar refractivity (Wildman–Crippen MR) is 133 cm³/mol. The second-order valence-corrected chi connectivity index (χ2v) is 8.37. The van der Waals surface area contributed by atoms with E-state index in [9.17, 15) is 4.79 Å². The summed E-state index contributed by atoms with van der Waals surface area (Å²) in [5.41, 5.74) is 14.1. The molecule has 0 saturated carbocycles. The minimum absolute atomic E-state index is 0.422. The van der Waals surface area contributed by atoms with E-state index in [1.807, 2.05) is 73.0 Å². The zero-order valence-electron chi connectivity index (χ0n) is 18.6. The number of nitrogen functional groups attached to an aromatic ring is 1. The van der Waals surface area contributed by atoms with Gasteiger partial charge in [0.1, 0.15) is 11.5 Å². The SMILES string of the molecule is Cc1ccnc(-c2ccc3cc(C=O)n(-c4cnn(-c5ccc6[nH]c(C)nc6c5)c4N)c3c2)c1. The van der Waals surface area contributed by atoms with Crippen LogP contribution in [0, 0.1) is 13.8 Å². The zero-order valence-corrected chi connectivity index (χ0v) is 18.6. The monoisotopic (exact) mass is 447 g/mol. The molecule has 0 atom stereocenters. The number of nitrogens with zero attached hydrogens (tertiary/aromatic N) is 5. The van der Waals surface area contributed by atoms with Gasteiger partial charge in [0.15, 0.2) is 12.1 Å². The Balaban J connectivity index is 1.52. The maximum absolute atomic E-state index is 12.0. The van der Waals surface area contributed by atoms with E-state index in [1.165, 1.54) is 0 Å². The molecule has 0 saturated heterocycles. The summed E-state index contributed by atoms with van der Waals surface area (Å²) in [6.07, 6.45) is 4.31. The van der Waals surface area contributed by atoms with Crippen molar-refractivity contribution in [2.75, 3.05) is 5.73 Å². The van der Waals surface area contributed by atoms with E-state index >= 15 is 0 Å². The highest BCUT2D eigenvalue weighted by Gasteiger charge is 2.18. The van der Waals surface area contributed by atoms with Crippen molar-refractivity contribution >= 4 is 34.0 Å². The molecule has 34 heavy (non-hydrogen) atoms. The minimum Gasteiger partial charge on any atom is -0.382 e. The van der Waals surface area contributed by atoms with Crippen LogP contribution in [0.1, 0.15) is 21.9 Å². The lowest BCUT2D eigenvalue weighted by atomic mass is 10.1. The van der Waals surface area contributed by atoms with Gasteiger partial charge in [-0.2, -0.15) is 5.10 Å². The van der Waals surface area contributed by atoms with Crippen LogP contribution in [0.4, 0.5) is 5.82 Å². The average Bonchev–Trinajstić information content (AvgIpc) is 3.51. The molecule has 0 unspecified atom stereocenters. The van der Waals surface area contributed by atoms with Crippen LogP contribution in [0.25, 0.3) is 44.6 Å². The number of nitrogens with one attached hydrogen (secondary N) is 1. The molecule has 0 aliphatic carbocycles. The molecule has 166 valence electrons. The number of hydrogen-bond donors (Lipinski definition) is 2. The van der Waals surface area contributed by atoms with Crippen LogP contribution >= 0.6 is 0 Å². The van der Waals surface area contributed by atoms with Gasteiger partial charge in [0, 0.05) is 17.1 Å². The summed E-state index contributed by atoms with van der Waals surface area (Å²) in [5.74, 6) is 1.26. The molecule has 8 nitrogen and oxygen atoms in total. The summed E-state index contributed by atoms with van der Waals surface area (Å²) in [6, 6.07) is 17.7. The summed E-state index contributed by atoms with van der Waals surface area (Å²) in [4.78, 5) is 24.2. The Morgan fingerprint density at radius 2 is 1.91 bits per heavy atom. The first-order chi connectivity index (χ1) is 16.5. The normalized spacial score (nSPS) is 11.5. The van der Waals surface area contributed by atoms with Gasteiger partial charge in [-0.05, 0) is 61.9 Å². The Bertz CT molecular complexity index is 1720. The zero-order chi connectivity index (χ0) is 23.4. The molecule has 8 heteroatoms. The molecular weight excluding hydrogens is 426 g/mol. The van der Waals surface area contributed by atoms with Crippen molar-refractivity contribution in [3.63, 3.8) is 0 Å². The molecule has 0 fully saturated rings. The first-order valence-electron chi connectivity index (χ1n) is 10.9. The molecule has 0 radical (unpaired) electrons. The fourth-order valence-electron chi connectivity index (χ4n) is 4.41. The number of carbonyl (C=O) groups is 1. The number of aldehydes is 1. The fraction of sp³-hybridized carbons (Fsp3) is 0.0769. The van der Waals surface area contributed by atoms with Gasteiger partial charge in [0.25, 0.3) is 0 Å². The van der Waals surface area contributed by atoms with Crippen molar-refractivity contribution < 1.29 is 4.79 Å². The van der Waals surface area contributed by atoms with Crippen LogP contribution in [0.2, 0.25) is 0 Å². The number of hydrogen-bond acceptors (Lipinski definition) is 5. The number of aromatic nitrogens is 6. The largest absolute Gasteiger partial charge is 0.382 e. The summed E-state index contributed by atoms with van der Waals surface area (Å²) in [6.45, 7) is 3.95. The number of aryl methyl sites for hydroxylation is 2. The van der Waals surface area contributed by atoms with Crippen LogP contribution < -0.4 is 5.73 Å². The number of nitrogens with two attached hydrogens (primary N) is 1. The molecule has 4 heterocycles. The van der Waals surface area contributed by atoms with E-state index in [4.69, 9.17) is 5.73 Å². The molecule has 3 N–H and O–H groups in total. The second kappa shape index (κ2) is 7.41. The predicted octanol–water partition coefficient (Wildman–Crippen LogP) is 4.77. The van der Waals surface area contributed by atoms with Crippen molar-refractivity contribution in [1.29, 1.82) is 0 Å². The van der Waals surface area contributed by atoms with Crippen LogP contribution in [0.15, 0.2) is 67.0 Å². The Morgan fingerprint density at radius 1 is 1.03 bits per heavy atom. The average molecular weight is 448 g/mol. The van der Waals surface area contributed by atoms with Crippen LogP contribution in [0.3, 0.4) is 0 Å². The smallest absolute Gasteiger partial charge is 0.166 e. The molecule has 4 aromatic heterocycles. The Labute approximate surface area is 194 Å². The van der Waals surface area contributed by atoms with E-state index in [0.717, 1.165) is 56.6 Å². The number of pyridine rings is 1. The van der Waals surface area contributed by atoms with E-state index < -0.39 is 0 Å². The third-order valence-corrected chi connectivity index (χ3v) is 6.02. The highest BCUT2D eigenvalue weighted by Crippen LogP contribution is 2.31. The number of imidazole rings is 1. The number of aromatic amines is 1. The van der Waals surface area contributed by atoms with Gasteiger partial charge in [-0.1, -0.05) is 12.1 Å². The Morgan fingerprint density at radius 3 is 2.74 bits per heavy atom. The number of rotatable bonds is 4. The van der Waals surface area contributed by atoms with Crippen molar-refractivity contribution in [2.45, 2.75) is 13.8 Å². The number of anilines is 1. The summed E-state index contributed by atoms with van der Waals surface area (Å²) in [7, 11) is 0. The number of benzene rings is 2. The van der Waals surface area contributed by atoms with Crippen LogP contribution in [0.5, 0.6) is 0 Å². The minimum atomic E-state index is 0.422. The Kier molecular flexibility index (Phi) is 4.35. The molecule has 0 bridgehead atoms. The lowest BCUT2D eigenvalue weighted by molar-refractivity contribution is 0.111. The van der Waals surface area contributed by atoms with E-state index in [1.54, 1.807) is 17.1 Å². The lowest BCUT2D eigenvalue weighted by Gasteiger charge is -2.10. The maximum atomic E-state index is 12.0. The lowest BCUT2D eigenvalue weighted by Crippen LogP contribution is -2.06. The second-order valence-electron chi connectivity index (χ2n) is 8.37. The third kappa shape index (κ3) is 3.07. The quantitative estimate of drug-likeness (QED) is 0.379. The number of H-pyrrole nitrogens is 1. The molecule has 0 spiro atoms. The van der Waals surface area contributed by atoms with Gasteiger partial charge in [-0.25, -0.2) is 9.67 Å². The van der Waals surface area contributed by atoms with E-state index in [2.05, 4.69) is 20.1 Å². The molecule has 0 aliphatic rings. The van der Waals surface area contributed by atoms with Crippen molar-refractivity contribution in [2.24, 2.45) is 0 Å². The number of fused-ring (bicyclic) bond motifs is 2. The topological polar surface area (TPSA) is 107 Å². The molecular formula is C26H21N7O. The Hall–Kier alpha value is -4.72. The summed E-state index contributed by atoms with van der Waals surface area (Å²) in [5, 5.41) is 5.46. The van der Waals surface area contributed by atoms with E-state index in [-0.39, 0.29) is 0 Å². The summed E-state index contributed by atoms with van der Waals surface area (Å²) >= 11 is 0. The van der Waals surface area contributed by atoms with Gasteiger partial charge in [0.2, 0.25) is 0 Å². The molecule has 6 rings (SSSR count). The fourth-order valence-corrected chi connectivity index (χ4v) is 4.41. The van der Waals surface area contributed by atoms with Crippen molar-refractivity contribution in [3.05, 3.63) is 84.1 Å². The van der Waals surface area contributed by atoms with Crippen molar-refractivity contribution in [1.82, 2.24) is 29.3 Å². The highest BCUT2D eigenvalue weighted by molar-refractivity contribution is 5.94. The van der Waals surface area contributed by atoms with Crippen molar-refractivity contribution in [3.8, 4) is 22.6 Å². The highest BCUT2D eigenvalue weighted by atomic mass is 16.1. The summed E-state index contributed by atoms with van der Waals surface area (Å²) < 4.78 is 3.50. The van der Waals surface area contributed by atoms with Crippen LogP contribution in [-0.4, -0.2) is 35.6 Å². The standard InChI is InChI=1S/C26H21N7O/c1-15-7-8-28-22(9-15)17-3-4-18-10-20(14-34)32(24(18)11-17)25-13-29-33(26(25)27)19-5-6-21-23(12-19)31-16(2)30-21/h3-14H,27H2,1-2H3,(H,30,31). The first-order valence-corrected chi connectivity index (χ1v) is 10.9. The van der Waals surface area contributed by atoms with Gasteiger partial charge >= 0.3 is 0 Å². The number of carbonyl (C=O) groups excluding carboxylic acids is 1. The van der Waals surface area contributed by atoms with Gasteiger partial charge in [-0.15, -0.1) is 0 Å². The van der Waals surface area contributed by atoms with E-state index in [0.29, 0.717) is 17.2 Å². The molecule has 6 aromatic rings. The maximum Gasteiger partial charge on any atom is 0.166 e. The van der Waals surface area contributed by atoms with Gasteiger partial charge < -0.3 is 15.3 Å². The van der Waals surface area contributed by atoms with Gasteiger partial charge in [0.05, 0.1) is 39.8 Å². The van der Waals surface area contributed by atoms with Gasteiger partial charge in [-0.3, -0.25) is 9.78 Å². The van der Waals surface area contributed by atoms with Crippen LogP contribution in [-0.2, 0) is 0 Å². The molecule has 2 aromatic carbocycles. The molecule has 0 amide bonds. The molecule has 0 aliphatic heterocycles. The first kappa shape index (κ1) is 19.9.